The zero-order valence-corrected chi connectivity index (χ0v) is 16.8. The van der Waals surface area contributed by atoms with Gasteiger partial charge in [-0.25, -0.2) is 9.78 Å². The quantitative estimate of drug-likeness (QED) is 0.836. The summed E-state index contributed by atoms with van der Waals surface area (Å²) >= 11 is 1.34. The molecular weight excluding hydrogens is 350 g/mol. The van der Waals surface area contributed by atoms with Gasteiger partial charge in [-0.05, 0) is 47.1 Å². The van der Waals surface area contributed by atoms with E-state index >= 15 is 0 Å². The Balaban J connectivity index is 1.99. The highest BCUT2D eigenvalue weighted by atomic mass is 32.1. The fourth-order valence-electron chi connectivity index (χ4n) is 2.32. The molecule has 1 aromatic carbocycles. The van der Waals surface area contributed by atoms with Gasteiger partial charge in [-0.15, -0.1) is 11.3 Å². The molecule has 0 aliphatic rings. The molecule has 1 atom stereocenters. The number of ether oxygens (including phenoxy) is 1. The number of rotatable bonds is 4. The Kier molecular flexibility index (Phi) is 6.02. The molecule has 0 fully saturated rings. The van der Waals surface area contributed by atoms with E-state index in [9.17, 15) is 9.59 Å². The number of carbonyl (C=O) groups excluding carboxylic acids is 2. The van der Waals surface area contributed by atoms with Crippen molar-refractivity contribution in [3.8, 4) is 11.3 Å². The molecule has 140 valence electrons. The van der Waals surface area contributed by atoms with Crippen LogP contribution in [-0.2, 0) is 9.53 Å². The van der Waals surface area contributed by atoms with Crippen LogP contribution in [0.2, 0.25) is 0 Å². The molecule has 1 heterocycles. The molecule has 1 aromatic heterocycles. The van der Waals surface area contributed by atoms with Crippen LogP contribution in [0, 0.1) is 13.8 Å². The summed E-state index contributed by atoms with van der Waals surface area (Å²) in [5.74, 6) is -0.350. The molecule has 2 N–H and O–H groups in total. The number of carbonyl (C=O) groups is 2. The van der Waals surface area contributed by atoms with E-state index in [4.69, 9.17) is 4.74 Å². The normalized spacial score (nSPS) is 12.4. The van der Waals surface area contributed by atoms with Gasteiger partial charge in [0.15, 0.2) is 5.13 Å². The van der Waals surface area contributed by atoms with Crippen LogP contribution in [0.1, 0.15) is 38.8 Å². The van der Waals surface area contributed by atoms with E-state index in [-0.39, 0.29) is 5.91 Å². The molecule has 0 saturated heterocycles. The molecule has 0 bridgehead atoms. The smallest absolute Gasteiger partial charge is 0.408 e. The van der Waals surface area contributed by atoms with Crippen molar-refractivity contribution in [1.29, 1.82) is 0 Å². The third kappa shape index (κ3) is 5.56. The highest BCUT2D eigenvalue weighted by Gasteiger charge is 2.21. The highest BCUT2D eigenvalue weighted by Crippen LogP contribution is 2.28. The van der Waals surface area contributed by atoms with Crippen molar-refractivity contribution >= 4 is 28.5 Å². The van der Waals surface area contributed by atoms with E-state index in [0.717, 1.165) is 16.8 Å². The molecule has 0 aliphatic carbocycles. The molecular formula is C19H25N3O3S. The van der Waals surface area contributed by atoms with Gasteiger partial charge in [0.2, 0.25) is 5.91 Å². The molecule has 0 aliphatic heterocycles. The standard InChI is InChI=1S/C19H25N3O3S/c1-11-7-8-14(12(2)9-11)15-10-26-17(21-15)22-16(23)13(3)20-18(24)25-19(4,5)6/h7-10,13H,1-6H3,(H,20,24)(H,21,22,23)/t13-/m1/s1. The van der Waals surface area contributed by atoms with Gasteiger partial charge in [-0.3, -0.25) is 4.79 Å². The zero-order chi connectivity index (χ0) is 19.5. The van der Waals surface area contributed by atoms with Crippen molar-refractivity contribution in [2.24, 2.45) is 0 Å². The van der Waals surface area contributed by atoms with Crippen molar-refractivity contribution in [1.82, 2.24) is 10.3 Å². The van der Waals surface area contributed by atoms with E-state index in [1.807, 2.05) is 31.4 Å². The fourth-order valence-corrected chi connectivity index (χ4v) is 3.03. The second-order valence-corrected chi connectivity index (χ2v) is 8.07. The van der Waals surface area contributed by atoms with E-state index in [1.165, 1.54) is 16.9 Å². The summed E-state index contributed by atoms with van der Waals surface area (Å²) in [6.07, 6.45) is -0.629. The monoisotopic (exact) mass is 375 g/mol. The molecule has 0 unspecified atom stereocenters. The summed E-state index contributed by atoms with van der Waals surface area (Å²) in [7, 11) is 0. The maximum absolute atomic E-state index is 12.3. The Morgan fingerprint density at radius 2 is 1.92 bits per heavy atom. The lowest BCUT2D eigenvalue weighted by atomic mass is 10.0. The minimum absolute atomic E-state index is 0.350. The molecule has 0 saturated carbocycles. The first-order chi connectivity index (χ1) is 12.0. The number of nitrogens with zero attached hydrogens (tertiary/aromatic N) is 1. The lowest BCUT2D eigenvalue weighted by molar-refractivity contribution is -0.117. The van der Waals surface area contributed by atoms with Gasteiger partial charge < -0.3 is 15.4 Å². The van der Waals surface area contributed by atoms with E-state index < -0.39 is 17.7 Å². The lowest BCUT2D eigenvalue weighted by Gasteiger charge is -2.21. The number of hydrogen-bond donors (Lipinski definition) is 2. The largest absolute Gasteiger partial charge is 0.444 e. The Morgan fingerprint density at radius 3 is 2.54 bits per heavy atom. The van der Waals surface area contributed by atoms with Gasteiger partial charge >= 0.3 is 6.09 Å². The zero-order valence-electron chi connectivity index (χ0n) is 16.0. The van der Waals surface area contributed by atoms with Crippen molar-refractivity contribution in [2.45, 2.75) is 53.2 Å². The second-order valence-electron chi connectivity index (χ2n) is 7.21. The fraction of sp³-hybridized carbons (Fsp3) is 0.421. The van der Waals surface area contributed by atoms with Gasteiger partial charge in [-0.2, -0.15) is 0 Å². The third-order valence-electron chi connectivity index (χ3n) is 3.52. The van der Waals surface area contributed by atoms with Crippen LogP contribution >= 0.6 is 11.3 Å². The maximum Gasteiger partial charge on any atom is 0.408 e. The number of alkyl carbamates (subject to hydrolysis) is 1. The first-order valence-corrected chi connectivity index (χ1v) is 9.26. The average Bonchev–Trinajstić information content (AvgIpc) is 2.93. The van der Waals surface area contributed by atoms with Crippen molar-refractivity contribution in [3.63, 3.8) is 0 Å². The summed E-state index contributed by atoms with van der Waals surface area (Å²) in [5.41, 5.74) is 3.56. The van der Waals surface area contributed by atoms with Gasteiger partial charge in [-0.1, -0.05) is 23.8 Å². The molecule has 0 radical (unpaired) electrons. The number of thiazole rings is 1. The first-order valence-electron chi connectivity index (χ1n) is 8.38. The molecule has 2 aromatic rings. The first kappa shape index (κ1) is 19.9. The number of benzene rings is 1. The van der Waals surface area contributed by atoms with Crippen molar-refractivity contribution < 1.29 is 14.3 Å². The van der Waals surface area contributed by atoms with Crippen molar-refractivity contribution in [2.75, 3.05) is 5.32 Å². The maximum atomic E-state index is 12.3. The Bertz CT molecular complexity index is 809. The molecule has 6 nitrogen and oxygen atoms in total. The summed E-state index contributed by atoms with van der Waals surface area (Å²) in [4.78, 5) is 28.5. The van der Waals surface area contributed by atoms with Crippen LogP contribution in [0.15, 0.2) is 23.6 Å². The predicted molar refractivity (Wildman–Crippen MR) is 104 cm³/mol. The van der Waals surface area contributed by atoms with E-state index in [0.29, 0.717) is 5.13 Å². The number of nitrogens with one attached hydrogen (secondary N) is 2. The summed E-state index contributed by atoms with van der Waals surface area (Å²) in [5, 5.41) is 7.63. The minimum Gasteiger partial charge on any atom is -0.444 e. The Hall–Kier alpha value is -2.41. The number of hydrogen-bond acceptors (Lipinski definition) is 5. The van der Waals surface area contributed by atoms with Crippen molar-refractivity contribution in [3.05, 3.63) is 34.7 Å². The summed E-state index contributed by atoms with van der Waals surface area (Å²) in [6, 6.07) is 5.42. The molecule has 0 spiro atoms. The minimum atomic E-state index is -0.738. The third-order valence-corrected chi connectivity index (χ3v) is 4.28. The summed E-state index contributed by atoms with van der Waals surface area (Å²) < 4.78 is 5.15. The van der Waals surface area contributed by atoms with Crippen LogP contribution in [0.4, 0.5) is 9.93 Å². The Labute approximate surface area is 158 Å². The topological polar surface area (TPSA) is 80.3 Å². The molecule has 26 heavy (non-hydrogen) atoms. The van der Waals surface area contributed by atoms with Crippen LogP contribution in [-0.4, -0.2) is 28.6 Å². The van der Waals surface area contributed by atoms with Crippen LogP contribution in [0.5, 0.6) is 0 Å². The number of anilines is 1. The average molecular weight is 375 g/mol. The van der Waals surface area contributed by atoms with Gasteiger partial charge in [0.1, 0.15) is 11.6 Å². The van der Waals surface area contributed by atoms with Crippen LogP contribution in [0.25, 0.3) is 11.3 Å². The molecule has 7 heteroatoms. The van der Waals surface area contributed by atoms with Crippen LogP contribution < -0.4 is 10.6 Å². The Morgan fingerprint density at radius 1 is 1.23 bits per heavy atom. The van der Waals surface area contributed by atoms with E-state index in [1.54, 1.807) is 27.7 Å². The van der Waals surface area contributed by atoms with Gasteiger partial charge in [0.05, 0.1) is 5.69 Å². The summed E-state index contributed by atoms with van der Waals surface area (Å²) in [6.45, 7) is 11.0. The van der Waals surface area contributed by atoms with Gasteiger partial charge in [0.25, 0.3) is 0 Å². The number of amides is 2. The highest BCUT2D eigenvalue weighted by molar-refractivity contribution is 7.14. The second kappa shape index (κ2) is 7.86. The molecule has 2 amide bonds. The molecule has 2 rings (SSSR count). The van der Waals surface area contributed by atoms with E-state index in [2.05, 4.69) is 21.7 Å². The number of aromatic nitrogens is 1. The van der Waals surface area contributed by atoms with Gasteiger partial charge in [0, 0.05) is 10.9 Å². The predicted octanol–water partition coefficient (Wildman–Crippen LogP) is 4.28. The van der Waals surface area contributed by atoms with Crippen LogP contribution in [0.3, 0.4) is 0 Å². The number of aryl methyl sites for hydroxylation is 2. The SMILES string of the molecule is Cc1ccc(-c2csc(NC(=O)[C@@H](C)NC(=O)OC(C)(C)C)n2)c(C)c1. The lowest BCUT2D eigenvalue weighted by Crippen LogP contribution is -2.43.